The number of pyridine rings is 1. The van der Waals surface area contributed by atoms with E-state index in [9.17, 15) is 4.79 Å². The fourth-order valence-corrected chi connectivity index (χ4v) is 3.74. The number of carboxylic acids is 1. The highest BCUT2D eigenvalue weighted by molar-refractivity contribution is 5.86. The summed E-state index contributed by atoms with van der Waals surface area (Å²) in [4.78, 5) is 15.6. The van der Waals surface area contributed by atoms with Gasteiger partial charge in [-0.05, 0) is 60.2 Å². The highest BCUT2D eigenvalue weighted by Gasteiger charge is 2.12. The maximum Gasteiger partial charge on any atom is 0.303 e. The number of fused-ring (bicyclic) bond motifs is 1. The van der Waals surface area contributed by atoms with Gasteiger partial charge in [0.05, 0.1) is 17.4 Å². The van der Waals surface area contributed by atoms with E-state index in [1.807, 2.05) is 37.5 Å². The van der Waals surface area contributed by atoms with Crippen LogP contribution in [0.25, 0.3) is 16.7 Å². The Kier molecular flexibility index (Phi) is 5.80. The molecule has 5 nitrogen and oxygen atoms in total. The molecule has 30 heavy (non-hydrogen) atoms. The number of hydrogen-bond donors (Lipinski definition) is 2. The number of rotatable bonds is 8. The molecule has 152 valence electrons. The molecule has 0 aliphatic heterocycles. The molecule has 4 aromatic rings. The molecule has 2 heterocycles. The van der Waals surface area contributed by atoms with E-state index in [4.69, 9.17) is 5.11 Å². The lowest BCUT2D eigenvalue weighted by atomic mass is 10.0. The van der Waals surface area contributed by atoms with Crippen LogP contribution in [0.5, 0.6) is 0 Å². The third-order valence-corrected chi connectivity index (χ3v) is 5.39. The third-order valence-electron chi connectivity index (χ3n) is 5.39. The van der Waals surface area contributed by atoms with Gasteiger partial charge in [0.25, 0.3) is 0 Å². The molecule has 0 fully saturated rings. The number of anilines is 1. The highest BCUT2D eigenvalue weighted by Crippen LogP contribution is 2.27. The predicted molar refractivity (Wildman–Crippen MR) is 120 cm³/mol. The molecular formula is C25H25N3O2. The quantitative estimate of drug-likeness (QED) is 0.444. The van der Waals surface area contributed by atoms with Crippen molar-refractivity contribution in [1.29, 1.82) is 0 Å². The van der Waals surface area contributed by atoms with Crippen LogP contribution in [0.1, 0.15) is 23.1 Å². The minimum absolute atomic E-state index is 0.137. The lowest BCUT2D eigenvalue weighted by Crippen LogP contribution is -1.98. The van der Waals surface area contributed by atoms with Crippen molar-refractivity contribution in [2.24, 2.45) is 0 Å². The number of carboxylic acid groups (broad SMARTS) is 1. The molecular weight excluding hydrogens is 374 g/mol. The second-order valence-electron chi connectivity index (χ2n) is 7.41. The van der Waals surface area contributed by atoms with E-state index in [1.54, 1.807) is 0 Å². The lowest BCUT2D eigenvalue weighted by Gasteiger charge is -2.06. The van der Waals surface area contributed by atoms with Crippen LogP contribution in [0.15, 0.2) is 73.1 Å². The van der Waals surface area contributed by atoms with Crippen molar-refractivity contribution < 1.29 is 9.90 Å². The van der Waals surface area contributed by atoms with Crippen LogP contribution in [-0.2, 0) is 24.1 Å². The van der Waals surface area contributed by atoms with E-state index in [0.717, 1.165) is 40.8 Å². The van der Waals surface area contributed by atoms with Gasteiger partial charge in [-0.2, -0.15) is 0 Å². The molecule has 2 aromatic carbocycles. The first-order valence-corrected chi connectivity index (χ1v) is 10.2. The molecule has 0 unspecified atom stereocenters. The van der Waals surface area contributed by atoms with E-state index in [2.05, 4.69) is 57.5 Å². The van der Waals surface area contributed by atoms with Crippen LogP contribution in [-0.4, -0.2) is 27.7 Å². The SMILES string of the molecule is CNc1ccc(-n2cc(CCc3ccccc3)c3cc(CCC(=O)O)ccc32)nc1. The Balaban J connectivity index is 1.72. The zero-order chi connectivity index (χ0) is 20.9. The van der Waals surface area contributed by atoms with E-state index < -0.39 is 5.97 Å². The Morgan fingerprint density at radius 1 is 1.00 bits per heavy atom. The fourth-order valence-electron chi connectivity index (χ4n) is 3.74. The molecule has 4 rings (SSSR count). The summed E-state index contributed by atoms with van der Waals surface area (Å²) in [5.74, 6) is 0.0917. The average Bonchev–Trinajstić information content (AvgIpc) is 3.15. The number of nitrogens with one attached hydrogen (secondary N) is 1. The summed E-state index contributed by atoms with van der Waals surface area (Å²) in [5.41, 5.74) is 5.64. The van der Waals surface area contributed by atoms with Crippen LogP contribution < -0.4 is 5.32 Å². The van der Waals surface area contributed by atoms with E-state index in [1.165, 1.54) is 11.1 Å². The molecule has 0 saturated carbocycles. The Hall–Kier alpha value is -3.60. The molecule has 2 aromatic heterocycles. The summed E-state index contributed by atoms with van der Waals surface area (Å²) in [7, 11) is 1.88. The first-order chi connectivity index (χ1) is 14.6. The first-order valence-electron chi connectivity index (χ1n) is 10.2. The van der Waals surface area contributed by atoms with Crippen LogP contribution in [0, 0.1) is 0 Å². The maximum absolute atomic E-state index is 11.0. The van der Waals surface area contributed by atoms with Gasteiger partial charge in [0.1, 0.15) is 5.82 Å². The second-order valence-corrected chi connectivity index (χ2v) is 7.41. The predicted octanol–water partition coefficient (Wildman–Crippen LogP) is 4.87. The molecule has 0 spiro atoms. The zero-order valence-electron chi connectivity index (χ0n) is 17.0. The summed E-state index contributed by atoms with van der Waals surface area (Å²) >= 11 is 0. The van der Waals surface area contributed by atoms with Crippen LogP contribution in [0.4, 0.5) is 5.69 Å². The standard InChI is InChI=1S/C25H25N3O2/c1-26-21-11-13-24(27-16-21)28-17-20(10-7-18-5-3-2-4-6-18)22-15-19(8-12-23(22)28)9-14-25(29)30/h2-6,8,11-13,15-17,26H,7,9-10,14H2,1H3,(H,29,30). The van der Waals surface area contributed by atoms with Crippen molar-refractivity contribution in [3.8, 4) is 5.82 Å². The summed E-state index contributed by atoms with van der Waals surface area (Å²) in [6.07, 6.45) is 6.51. The van der Waals surface area contributed by atoms with Gasteiger partial charge >= 0.3 is 5.97 Å². The first kappa shape index (κ1) is 19.7. The molecule has 0 aliphatic rings. The fraction of sp³-hybridized carbons (Fsp3) is 0.200. The third kappa shape index (κ3) is 4.35. The molecule has 0 aliphatic carbocycles. The molecule has 0 radical (unpaired) electrons. The molecule has 0 bridgehead atoms. The zero-order valence-corrected chi connectivity index (χ0v) is 17.0. The van der Waals surface area contributed by atoms with Crippen molar-refractivity contribution in [2.45, 2.75) is 25.7 Å². The largest absolute Gasteiger partial charge is 0.481 e. The van der Waals surface area contributed by atoms with Crippen molar-refractivity contribution in [1.82, 2.24) is 9.55 Å². The monoisotopic (exact) mass is 399 g/mol. The number of nitrogens with zero attached hydrogens (tertiary/aromatic N) is 2. The van der Waals surface area contributed by atoms with Gasteiger partial charge in [-0.3, -0.25) is 4.79 Å². The molecule has 2 N–H and O–H groups in total. The number of hydrogen-bond acceptors (Lipinski definition) is 3. The molecule has 5 heteroatoms. The van der Waals surface area contributed by atoms with Crippen LogP contribution in [0.3, 0.4) is 0 Å². The van der Waals surface area contributed by atoms with Crippen molar-refractivity contribution in [3.63, 3.8) is 0 Å². The number of aromatic nitrogens is 2. The lowest BCUT2D eigenvalue weighted by molar-refractivity contribution is -0.136. The Morgan fingerprint density at radius 2 is 1.83 bits per heavy atom. The van der Waals surface area contributed by atoms with Gasteiger partial charge in [0, 0.05) is 25.1 Å². The normalized spacial score (nSPS) is 11.0. The Labute approximate surface area is 176 Å². The van der Waals surface area contributed by atoms with Crippen molar-refractivity contribution in [2.75, 3.05) is 12.4 Å². The smallest absolute Gasteiger partial charge is 0.303 e. The second kappa shape index (κ2) is 8.82. The van der Waals surface area contributed by atoms with Gasteiger partial charge in [-0.15, -0.1) is 0 Å². The highest BCUT2D eigenvalue weighted by atomic mass is 16.4. The number of aliphatic carboxylic acids is 1. The van der Waals surface area contributed by atoms with E-state index >= 15 is 0 Å². The maximum atomic E-state index is 11.0. The van der Waals surface area contributed by atoms with E-state index in [-0.39, 0.29) is 6.42 Å². The molecule has 0 atom stereocenters. The average molecular weight is 399 g/mol. The van der Waals surface area contributed by atoms with E-state index in [0.29, 0.717) is 6.42 Å². The minimum atomic E-state index is -0.772. The van der Waals surface area contributed by atoms with Gasteiger partial charge in [-0.1, -0.05) is 36.4 Å². The number of carbonyl (C=O) groups is 1. The van der Waals surface area contributed by atoms with Crippen molar-refractivity contribution in [3.05, 3.63) is 89.7 Å². The van der Waals surface area contributed by atoms with Gasteiger partial charge in [0.2, 0.25) is 0 Å². The topological polar surface area (TPSA) is 67.2 Å². The summed E-state index contributed by atoms with van der Waals surface area (Å²) in [6, 6.07) is 20.7. The number of benzene rings is 2. The molecule has 0 amide bonds. The van der Waals surface area contributed by atoms with Gasteiger partial charge < -0.3 is 15.0 Å². The molecule has 0 saturated heterocycles. The Morgan fingerprint density at radius 3 is 2.53 bits per heavy atom. The minimum Gasteiger partial charge on any atom is -0.481 e. The number of aryl methyl sites for hydroxylation is 3. The van der Waals surface area contributed by atoms with Crippen molar-refractivity contribution >= 4 is 22.6 Å². The summed E-state index contributed by atoms with van der Waals surface area (Å²) in [6.45, 7) is 0. The summed E-state index contributed by atoms with van der Waals surface area (Å²) < 4.78 is 2.12. The van der Waals surface area contributed by atoms with Crippen LogP contribution >= 0.6 is 0 Å². The van der Waals surface area contributed by atoms with Gasteiger partial charge in [-0.25, -0.2) is 4.98 Å². The van der Waals surface area contributed by atoms with Crippen LogP contribution in [0.2, 0.25) is 0 Å². The Bertz CT molecular complexity index is 1150. The van der Waals surface area contributed by atoms with Gasteiger partial charge in [0.15, 0.2) is 0 Å². The summed E-state index contributed by atoms with van der Waals surface area (Å²) in [5, 5.41) is 13.3.